The molecule has 112 valence electrons. The van der Waals surface area contributed by atoms with E-state index in [4.69, 9.17) is 0 Å². The van der Waals surface area contributed by atoms with Crippen molar-refractivity contribution in [3.8, 4) is 0 Å². The van der Waals surface area contributed by atoms with Gasteiger partial charge in [-0.3, -0.25) is 0 Å². The summed E-state index contributed by atoms with van der Waals surface area (Å²) in [4.78, 5) is 2.40. The molecule has 0 amide bonds. The predicted octanol–water partition coefficient (Wildman–Crippen LogP) is 3.39. The lowest BCUT2D eigenvalue weighted by atomic mass is 9.76. The molecule has 1 saturated carbocycles. The molecular formula is C17H27FN2. The molecule has 1 aliphatic carbocycles. The molecule has 0 bridgehead atoms. The Balaban J connectivity index is 1.65. The molecule has 20 heavy (non-hydrogen) atoms. The van der Waals surface area contributed by atoms with Crippen LogP contribution in [0.4, 0.5) is 4.39 Å². The summed E-state index contributed by atoms with van der Waals surface area (Å²) in [6.07, 6.45) is 3.47. The molecule has 1 fully saturated rings. The van der Waals surface area contributed by atoms with Crippen LogP contribution in [0.2, 0.25) is 0 Å². The normalized spacial score (nSPS) is 23.6. The molecule has 1 unspecified atom stereocenters. The summed E-state index contributed by atoms with van der Waals surface area (Å²) in [6.45, 7) is 6.63. The lowest BCUT2D eigenvalue weighted by Crippen LogP contribution is -2.44. The van der Waals surface area contributed by atoms with E-state index in [1.165, 1.54) is 12.5 Å². The van der Waals surface area contributed by atoms with Gasteiger partial charge >= 0.3 is 0 Å². The van der Waals surface area contributed by atoms with Crippen molar-refractivity contribution in [2.45, 2.75) is 51.1 Å². The first-order valence-corrected chi connectivity index (χ1v) is 7.79. The van der Waals surface area contributed by atoms with Crippen molar-refractivity contribution in [2.75, 3.05) is 20.1 Å². The van der Waals surface area contributed by atoms with Crippen LogP contribution in [0.25, 0.3) is 0 Å². The number of nitrogens with one attached hydrogen (secondary N) is 1. The van der Waals surface area contributed by atoms with E-state index in [1.54, 1.807) is 6.07 Å². The second-order valence-electron chi connectivity index (χ2n) is 6.11. The second kappa shape index (κ2) is 7.19. The highest BCUT2D eigenvalue weighted by atomic mass is 19.1. The van der Waals surface area contributed by atoms with Crippen molar-refractivity contribution in [1.82, 2.24) is 10.2 Å². The van der Waals surface area contributed by atoms with Crippen LogP contribution in [0, 0.1) is 5.82 Å². The molecule has 3 heteroatoms. The fraction of sp³-hybridized carbons (Fsp3) is 0.647. The van der Waals surface area contributed by atoms with E-state index in [9.17, 15) is 4.39 Å². The summed E-state index contributed by atoms with van der Waals surface area (Å²) in [5.41, 5.74) is 1.15. The average Bonchev–Trinajstić information content (AvgIpc) is 2.40. The first-order chi connectivity index (χ1) is 9.60. The lowest BCUT2D eigenvalue weighted by Gasteiger charge is -2.37. The van der Waals surface area contributed by atoms with Crippen molar-refractivity contribution in [1.29, 1.82) is 0 Å². The Bertz CT molecular complexity index is 415. The molecule has 1 N–H and O–H groups in total. The van der Waals surface area contributed by atoms with E-state index < -0.39 is 0 Å². The quantitative estimate of drug-likeness (QED) is 0.822. The molecule has 1 atom stereocenters. The highest BCUT2D eigenvalue weighted by Gasteiger charge is 2.29. The maximum absolute atomic E-state index is 13.2. The van der Waals surface area contributed by atoms with E-state index in [2.05, 4.69) is 31.1 Å². The highest BCUT2D eigenvalue weighted by molar-refractivity contribution is 5.23. The molecule has 0 radical (unpaired) electrons. The van der Waals surface area contributed by atoms with Gasteiger partial charge in [-0.2, -0.15) is 0 Å². The van der Waals surface area contributed by atoms with Crippen LogP contribution in [0.1, 0.15) is 44.6 Å². The Hall–Kier alpha value is -0.930. The van der Waals surface area contributed by atoms with E-state index in [0.717, 1.165) is 31.5 Å². The maximum Gasteiger partial charge on any atom is 0.123 e. The van der Waals surface area contributed by atoms with Gasteiger partial charge in [-0.1, -0.05) is 19.1 Å². The predicted molar refractivity (Wildman–Crippen MR) is 82.5 cm³/mol. The van der Waals surface area contributed by atoms with Crippen molar-refractivity contribution in [2.24, 2.45) is 0 Å². The third-order valence-corrected chi connectivity index (χ3v) is 4.70. The van der Waals surface area contributed by atoms with E-state index in [-0.39, 0.29) is 5.82 Å². The van der Waals surface area contributed by atoms with Gasteiger partial charge < -0.3 is 10.2 Å². The van der Waals surface area contributed by atoms with Crippen LogP contribution < -0.4 is 5.32 Å². The van der Waals surface area contributed by atoms with Crippen LogP contribution in [0.5, 0.6) is 0 Å². The first-order valence-electron chi connectivity index (χ1n) is 7.79. The summed E-state index contributed by atoms with van der Waals surface area (Å²) in [5, 5.41) is 3.61. The topological polar surface area (TPSA) is 15.3 Å². The Kier molecular flexibility index (Phi) is 5.55. The monoisotopic (exact) mass is 278 g/mol. The molecule has 0 aromatic heterocycles. The molecule has 0 aliphatic heterocycles. The van der Waals surface area contributed by atoms with Gasteiger partial charge in [-0.25, -0.2) is 4.39 Å². The highest BCUT2D eigenvalue weighted by Crippen LogP contribution is 2.36. The lowest BCUT2D eigenvalue weighted by molar-refractivity contribution is 0.229. The first kappa shape index (κ1) is 15.5. The Labute approximate surface area is 122 Å². The Morgan fingerprint density at radius 3 is 2.80 bits per heavy atom. The van der Waals surface area contributed by atoms with Gasteiger partial charge in [-0.05, 0) is 56.8 Å². The summed E-state index contributed by atoms with van der Waals surface area (Å²) in [7, 11) is 2.19. The molecule has 0 saturated heterocycles. The SMILES string of the molecule is CCC(C)N(C)CCNC1CC(c2cccc(F)c2)C1. The van der Waals surface area contributed by atoms with Crippen LogP contribution >= 0.6 is 0 Å². The largest absolute Gasteiger partial charge is 0.313 e. The fourth-order valence-electron chi connectivity index (χ4n) is 2.79. The molecule has 1 aromatic carbocycles. The van der Waals surface area contributed by atoms with Gasteiger partial charge in [0, 0.05) is 25.2 Å². The summed E-state index contributed by atoms with van der Waals surface area (Å²) in [6, 6.07) is 8.31. The van der Waals surface area contributed by atoms with Crippen molar-refractivity contribution in [3.63, 3.8) is 0 Å². The average molecular weight is 278 g/mol. The fourth-order valence-corrected chi connectivity index (χ4v) is 2.79. The second-order valence-corrected chi connectivity index (χ2v) is 6.11. The maximum atomic E-state index is 13.2. The number of benzene rings is 1. The number of halogens is 1. The van der Waals surface area contributed by atoms with Crippen LogP contribution in [-0.2, 0) is 0 Å². The summed E-state index contributed by atoms with van der Waals surface area (Å²) >= 11 is 0. The summed E-state index contributed by atoms with van der Waals surface area (Å²) < 4.78 is 13.2. The number of likely N-dealkylation sites (N-methyl/N-ethyl adjacent to an activating group) is 1. The molecular weight excluding hydrogens is 251 g/mol. The van der Waals surface area contributed by atoms with Gasteiger partial charge in [0.25, 0.3) is 0 Å². The van der Waals surface area contributed by atoms with Crippen molar-refractivity contribution in [3.05, 3.63) is 35.6 Å². The molecule has 1 aromatic rings. The Morgan fingerprint density at radius 1 is 1.40 bits per heavy atom. The van der Waals surface area contributed by atoms with E-state index >= 15 is 0 Å². The zero-order chi connectivity index (χ0) is 14.5. The zero-order valence-corrected chi connectivity index (χ0v) is 12.9. The molecule has 1 aliphatic rings. The number of hydrogen-bond donors (Lipinski definition) is 1. The Morgan fingerprint density at radius 2 is 2.15 bits per heavy atom. The van der Waals surface area contributed by atoms with E-state index in [1.807, 2.05) is 12.1 Å². The molecule has 0 heterocycles. The minimum Gasteiger partial charge on any atom is -0.313 e. The van der Waals surface area contributed by atoms with Gasteiger partial charge in [0.15, 0.2) is 0 Å². The van der Waals surface area contributed by atoms with Crippen LogP contribution in [0.15, 0.2) is 24.3 Å². The molecule has 0 spiro atoms. The van der Waals surface area contributed by atoms with Crippen LogP contribution in [-0.4, -0.2) is 37.1 Å². The number of hydrogen-bond acceptors (Lipinski definition) is 2. The van der Waals surface area contributed by atoms with Gasteiger partial charge in [0.1, 0.15) is 5.82 Å². The van der Waals surface area contributed by atoms with E-state index in [0.29, 0.717) is 18.0 Å². The minimum absolute atomic E-state index is 0.117. The minimum atomic E-state index is -0.117. The third-order valence-electron chi connectivity index (χ3n) is 4.70. The zero-order valence-electron chi connectivity index (χ0n) is 12.9. The van der Waals surface area contributed by atoms with Gasteiger partial charge in [0.2, 0.25) is 0 Å². The van der Waals surface area contributed by atoms with Crippen LogP contribution in [0.3, 0.4) is 0 Å². The van der Waals surface area contributed by atoms with Gasteiger partial charge in [-0.15, -0.1) is 0 Å². The smallest absolute Gasteiger partial charge is 0.123 e. The molecule has 2 nitrogen and oxygen atoms in total. The summed E-state index contributed by atoms with van der Waals surface area (Å²) in [5.74, 6) is 0.421. The van der Waals surface area contributed by atoms with Gasteiger partial charge in [0.05, 0.1) is 0 Å². The van der Waals surface area contributed by atoms with Crippen molar-refractivity contribution >= 4 is 0 Å². The number of rotatable bonds is 7. The van der Waals surface area contributed by atoms with Crippen molar-refractivity contribution < 1.29 is 4.39 Å². The number of nitrogens with zero attached hydrogens (tertiary/aromatic N) is 1. The standard InChI is InChI=1S/C17H27FN2/c1-4-13(2)20(3)9-8-19-17-11-15(12-17)14-6-5-7-16(18)10-14/h5-7,10,13,15,17,19H,4,8-9,11-12H2,1-3H3. The third kappa shape index (κ3) is 4.03. The molecule has 2 rings (SSSR count).